The smallest absolute Gasteiger partial charge is 0.357 e. The van der Waals surface area contributed by atoms with Gasteiger partial charge < -0.3 is 4.74 Å². The van der Waals surface area contributed by atoms with Gasteiger partial charge in [-0.2, -0.15) is 5.26 Å². The second-order valence-corrected chi connectivity index (χ2v) is 7.64. The first-order chi connectivity index (χ1) is 10.9. The molecule has 134 valence electrons. The van der Waals surface area contributed by atoms with Crippen LogP contribution < -0.4 is 0 Å². The Hall–Kier alpha value is -0.440. The topological polar surface area (TPSA) is 77.8 Å². The zero-order valence-corrected chi connectivity index (χ0v) is 15.6. The van der Waals surface area contributed by atoms with E-state index in [1.807, 2.05) is 13.8 Å². The van der Waals surface area contributed by atoms with E-state index in [2.05, 4.69) is 6.07 Å². The lowest BCUT2D eigenvalue weighted by atomic mass is 9.88. The maximum atomic E-state index is 12.3. The van der Waals surface area contributed by atoms with Crippen LogP contribution in [-0.4, -0.2) is 31.0 Å². The summed E-state index contributed by atoms with van der Waals surface area (Å²) in [7, 11) is -3.48. The maximum absolute atomic E-state index is 12.3. The third kappa shape index (κ3) is 6.91. The van der Waals surface area contributed by atoms with Crippen molar-refractivity contribution in [3.05, 3.63) is 0 Å². The molecule has 0 saturated carbocycles. The van der Waals surface area contributed by atoms with Crippen LogP contribution in [0, 0.1) is 11.3 Å². The first-order valence-corrected chi connectivity index (χ1v) is 10.0. The highest BCUT2D eigenvalue weighted by molar-refractivity contribution is 7.48. The van der Waals surface area contributed by atoms with Crippen molar-refractivity contribution in [3.8, 4) is 6.07 Å². The van der Waals surface area contributed by atoms with Crippen molar-refractivity contribution in [3.63, 3.8) is 0 Å². The molecule has 0 bridgehead atoms. The molecule has 1 aliphatic heterocycles. The molecular weight excluding hydrogens is 317 g/mol. The molecule has 3 atom stereocenters. The molecule has 0 radical (unpaired) electrons. The molecule has 1 fully saturated rings. The predicted octanol–water partition coefficient (Wildman–Crippen LogP) is 4.59. The molecule has 1 heterocycles. The number of phosphoric ester groups is 1. The van der Waals surface area contributed by atoms with Gasteiger partial charge in [0.2, 0.25) is 0 Å². The van der Waals surface area contributed by atoms with E-state index in [4.69, 9.17) is 18.3 Å². The number of rotatable bonds is 10. The van der Waals surface area contributed by atoms with E-state index in [0.29, 0.717) is 12.8 Å². The quantitative estimate of drug-likeness (QED) is 0.538. The van der Waals surface area contributed by atoms with Crippen LogP contribution in [0.4, 0.5) is 0 Å². The van der Waals surface area contributed by atoms with Crippen molar-refractivity contribution in [2.24, 2.45) is 0 Å². The number of nitrogens with zero attached hydrogens (tertiary/aromatic N) is 1. The Balaban J connectivity index is 2.44. The summed E-state index contributed by atoms with van der Waals surface area (Å²) >= 11 is 0. The van der Waals surface area contributed by atoms with Crippen molar-refractivity contribution < 1.29 is 22.9 Å². The standard InChI is InChI=1S/C16H30NO5P/c1-5-19-23(18,20-6-2)22-15(4)10-8-12-16(13-17)11-7-9-14(3)21-16/h14-15H,5-12H2,1-4H3/t14-,15+,16-/m0/s1. The lowest BCUT2D eigenvalue weighted by Gasteiger charge is -2.35. The zero-order chi connectivity index (χ0) is 17.3. The van der Waals surface area contributed by atoms with Gasteiger partial charge in [0, 0.05) is 0 Å². The molecule has 6 nitrogen and oxygen atoms in total. The van der Waals surface area contributed by atoms with Gasteiger partial charge in [0.25, 0.3) is 0 Å². The molecule has 0 aromatic carbocycles. The first kappa shape index (κ1) is 20.6. The highest BCUT2D eigenvalue weighted by Crippen LogP contribution is 2.50. The van der Waals surface area contributed by atoms with Gasteiger partial charge in [0.15, 0.2) is 5.60 Å². The van der Waals surface area contributed by atoms with Crippen LogP contribution in [-0.2, 0) is 22.9 Å². The summed E-state index contributed by atoms with van der Waals surface area (Å²) in [6, 6.07) is 2.34. The van der Waals surface area contributed by atoms with Crippen molar-refractivity contribution in [2.45, 2.75) is 84.0 Å². The molecule has 7 heteroatoms. The first-order valence-electron chi connectivity index (χ1n) is 8.55. The lowest BCUT2D eigenvalue weighted by molar-refractivity contribution is -0.0914. The number of hydrogen-bond donors (Lipinski definition) is 0. The van der Waals surface area contributed by atoms with Gasteiger partial charge in [-0.1, -0.05) is 0 Å². The predicted molar refractivity (Wildman–Crippen MR) is 88.0 cm³/mol. The van der Waals surface area contributed by atoms with Crippen molar-refractivity contribution in [1.29, 1.82) is 5.26 Å². The summed E-state index contributed by atoms with van der Waals surface area (Å²) in [5.41, 5.74) is -0.680. The minimum absolute atomic E-state index is 0.133. The van der Waals surface area contributed by atoms with Crippen molar-refractivity contribution in [1.82, 2.24) is 0 Å². The summed E-state index contributed by atoms with van der Waals surface area (Å²) in [6.45, 7) is 7.89. The van der Waals surface area contributed by atoms with Crippen LogP contribution in [0.15, 0.2) is 0 Å². The molecule has 0 spiro atoms. The van der Waals surface area contributed by atoms with E-state index in [-0.39, 0.29) is 25.4 Å². The molecule has 0 aromatic heterocycles. The Bertz CT molecular complexity index is 429. The van der Waals surface area contributed by atoms with Crippen molar-refractivity contribution in [2.75, 3.05) is 13.2 Å². The molecule has 1 saturated heterocycles. The van der Waals surface area contributed by atoms with Gasteiger partial charge in [-0.25, -0.2) is 4.57 Å². The van der Waals surface area contributed by atoms with Crippen LogP contribution in [0.3, 0.4) is 0 Å². The van der Waals surface area contributed by atoms with Crippen LogP contribution >= 0.6 is 7.82 Å². The molecule has 0 aliphatic carbocycles. The van der Waals surface area contributed by atoms with Crippen LogP contribution in [0.1, 0.15) is 66.2 Å². The second kappa shape index (κ2) is 9.76. The molecule has 1 aliphatic rings. The second-order valence-electron chi connectivity index (χ2n) is 6.02. The van der Waals surface area contributed by atoms with E-state index in [9.17, 15) is 9.83 Å². The van der Waals surface area contributed by atoms with Gasteiger partial charge in [0.05, 0.1) is 31.5 Å². The summed E-state index contributed by atoms with van der Waals surface area (Å²) in [5, 5.41) is 9.46. The summed E-state index contributed by atoms with van der Waals surface area (Å²) in [6.07, 6.45) is 4.77. The maximum Gasteiger partial charge on any atom is 0.475 e. The third-order valence-corrected chi connectivity index (χ3v) is 5.66. The zero-order valence-electron chi connectivity index (χ0n) is 14.7. The fourth-order valence-electron chi connectivity index (χ4n) is 2.86. The van der Waals surface area contributed by atoms with Gasteiger partial charge in [-0.3, -0.25) is 13.6 Å². The molecule has 1 rings (SSSR count). The number of hydrogen-bond acceptors (Lipinski definition) is 6. The molecule has 0 unspecified atom stereocenters. The normalized spacial score (nSPS) is 26.7. The Labute approximate surface area is 140 Å². The average molecular weight is 347 g/mol. The minimum Gasteiger partial charge on any atom is -0.357 e. The lowest BCUT2D eigenvalue weighted by Crippen LogP contribution is -2.38. The fraction of sp³-hybridized carbons (Fsp3) is 0.938. The van der Waals surface area contributed by atoms with E-state index in [0.717, 1.165) is 25.7 Å². The van der Waals surface area contributed by atoms with Gasteiger partial charge in [-0.15, -0.1) is 0 Å². The van der Waals surface area contributed by atoms with Gasteiger partial charge in [-0.05, 0) is 66.2 Å². The number of ether oxygens (including phenoxy) is 1. The third-order valence-electron chi connectivity index (χ3n) is 3.90. The van der Waals surface area contributed by atoms with E-state index in [1.165, 1.54) is 0 Å². The molecule has 0 N–H and O–H groups in total. The highest BCUT2D eigenvalue weighted by Gasteiger charge is 2.36. The summed E-state index contributed by atoms with van der Waals surface area (Å²) in [4.78, 5) is 0. The summed E-state index contributed by atoms with van der Waals surface area (Å²) < 4.78 is 33.9. The molecular formula is C16H30NO5P. The van der Waals surface area contributed by atoms with Crippen LogP contribution in [0.2, 0.25) is 0 Å². The Morgan fingerprint density at radius 1 is 1.39 bits per heavy atom. The fourth-order valence-corrected chi connectivity index (χ4v) is 4.24. The highest BCUT2D eigenvalue weighted by atomic mass is 31.2. The van der Waals surface area contributed by atoms with E-state index >= 15 is 0 Å². The number of nitriles is 1. The van der Waals surface area contributed by atoms with Crippen LogP contribution in [0.5, 0.6) is 0 Å². The van der Waals surface area contributed by atoms with Crippen molar-refractivity contribution >= 4 is 7.82 Å². The van der Waals surface area contributed by atoms with Gasteiger partial charge >= 0.3 is 7.82 Å². The Kier molecular flexibility index (Phi) is 8.74. The number of phosphoric acid groups is 1. The van der Waals surface area contributed by atoms with Gasteiger partial charge in [0.1, 0.15) is 0 Å². The Morgan fingerprint density at radius 2 is 2.04 bits per heavy atom. The molecule has 0 amide bonds. The van der Waals surface area contributed by atoms with E-state index < -0.39 is 13.4 Å². The van der Waals surface area contributed by atoms with Crippen LogP contribution in [0.25, 0.3) is 0 Å². The minimum atomic E-state index is -3.48. The average Bonchev–Trinajstić information content (AvgIpc) is 2.47. The largest absolute Gasteiger partial charge is 0.475 e. The SMILES string of the molecule is CCOP(=O)(OCC)O[C@H](C)CCC[C@]1(C#N)CCC[C@H](C)O1. The summed E-state index contributed by atoms with van der Waals surface area (Å²) in [5.74, 6) is 0. The Morgan fingerprint density at radius 3 is 2.57 bits per heavy atom. The van der Waals surface area contributed by atoms with E-state index in [1.54, 1.807) is 13.8 Å². The molecule has 23 heavy (non-hydrogen) atoms. The molecule has 0 aromatic rings. The monoisotopic (exact) mass is 347 g/mol.